The van der Waals surface area contributed by atoms with Crippen molar-refractivity contribution >= 4 is 12.0 Å². The molecular formula is C19H23F3N2O3. The number of alkyl halides is 3. The van der Waals surface area contributed by atoms with Gasteiger partial charge in [-0.15, -0.1) is 0 Å². The molecule has 2 N–H and O–H groups in total. The molecule has 1 aromatic rings. The number of fused-ring (bicyclic) bond motifs is 1. The summed E-state index contributed by atoms with van der Waals surface area (Å²) < 4.78 is 39.4. The Morgan fingerprint density at radius 1 is 1.22 bits per heavy atom. The lowest BCUT2D eigenvalue weighted by atomic mass is 9.71. The van der Waals surface area contributed by atoms with Crippen LogP contribution in [0.4, 0.5) is 18.0 Å². The molecule has 1 unspecified atom stereocenters. The van der Waals surface area contributed by atoms with Crippen LogP contribution >= 0.6 is 0 Å². The third kappa shape index (κ3) is 3.75. The number of rotatable bonds is 2. The molecule has 2 amide bonds. The van der Waals surface area contributed by atoms with Crippen molar-refractivity contribution in [2.45, 2.75) is 44.3 Å². The Kier molecular flexibility index (Phi) is 4.86. The number of carboxylic acid groups (broad SMARTS) is 1. The van der Waals surface area contributed by atoms with E-state index in [2.05, 4.69) is 19.2 Å². The molecule has 3 rings (SSSR count). The molecule has 0 saturated carbocycles. The molecule has 1 aliphatic carbocycles. The monoisotopic (exact) mass is 384 g/mol. The molecule has 1 fully saturated rings. The molecule has 27 heavy (non-hydrogen) atoms. The smallest absolute Gasteiger partial charge is 0.394 e. The first-order valence-corrected chi connectivity index (χ1v) is 8.95. The van der Waals surface area contributed by atoms with E-state index in [0.717, 1.165) is 22.4 Å². The third-order valence-corrected chi connectivity index (χ3v) is 5.77. The lowest BCUT2D eigenvalue weighted by molar-refractivity contribution is -0.187. The number of hydrogen-bond donors (Lipinski definition) is 2. The number of urea groups is 1. The van der Waals surface area contributed by atoms with E-state index in [4.69, 9.17) is 5.11 Å². The number of carbonyl (C=O) groups excluding carboxylic acids is 1. The highest BCUT2D eigenvalue weighted by Crippen LogP contribution is 2.42. The van der Waals surface area contributed by atoms with Gasteiger partial charge in [0.15, 0.2) is 0 Å². The van der Waals surface area contributed by atoms with E-state index in [-0.39, 0.29) is 11.5 Å². The minimum atomic E-state index is -4.65. The first-order valence-electron chi connectivity index (χ1n) is 8.95. The SMILES string of the molecule is CC1(C)CCC(NC(=O)N2C[C@@H](C(F)(F)F)[C@H](C(=O)O)C2)c2ccccc21. The summed E-state index contributed by atoms with van der Waals surface area (Å²) in [6.07, 6.45) is -3.15. The Hall–Kier alpha value is -2.25. The van der Waals surface area contributed by atoms with Gasteiger partial charge in [0.05, 0.1) is 17.9 Å². The minimum Gasteiger partial charge on any atom is -0.481 e. The fourth-order valence-corrected chi connectivity index (χ4v) is 4.15. The molecule has 0 spiro atoms. The van der Waals surface area contributed by atoms with Crippen LogP contribution in [0.2, 0.25) is 0 Å². The van der Waals surface area contributed by atoms with Crippen LogP contribution in [0.1, 0.15) is 43.9 Å². The lowest BCUT2D eigenvalue weighted by Crippen LogP contribution is -2.43. The van der Waals surface area contributed by atoms with Crippen molar-refractivity contribution in [1.82, 2.24) is 10.2 Å². The highest BCUT2D eigenvalue weighted by Gasteiger charge is 2.53. The maximum atomic E-state index is 13.1. The summed E-state index contributed by atoms with van der Waals surface area (Å²) in [5.74, 6) is -5.20. The van der Waals surface area contributed by atoms with Crippen LogP contribution in [0.5, 0.6) is 0 Å². The van der Waals surface area contributed by atoms with Crippen LogP contribution in [-0.2, 0) is 10.2 Å². The Balaban J connectivity index is 1.76. The summed E-state index contributed by atoms with van der Waals surface area (Å²) in [6.45, 7) is 3.17. The van der Waals surface area contributed by atoms with Gasteiger partial charge in [-0.1, -0.05) is 38.1 Å². The van der Waals surface area contributed by atoms with Crippen LogP contribution in [0.25, 0.3) is 0 Å². The Bertz CT molecular complexity index is 748. The second kappa shape index (κ2) is 6.73. The van der Waals surface area contributed by atoms with Crippen molar-refractivity contribution in [3.05, 3.63) is 35.4 Å². The Morgan fingerprint density at radius 2 is 1.89 bits per heavy atom. The third-order valence-electron chi connectivity index (χ3n) is 5.77. The van der Waals surface area contributed by atoms with E-state index in [9.17, 15) is 22.8 Å². The van der Waals surface area contributed by atoms with Gasteiger partial charge < -0.3 is 15.3 Å². The van der Waals surface area contributed by atoms with E-state index in [1.165, 1.54) is 0 Å². The fourth-order valence-electron chi connectivity index (χ4n) is 4.15. The number of nitrogens with one attached hydrogen (secondary N) is 1. The van der Waals surface area contributed by atoms with Gasteiger partial charge in [-0.3, -0.25) is 4.79 Å². The van der Waals surface area contributed by atoms with Crippen molar-refractivity contribution in [2.24, 2.45) is 11.8 Å². The highest BCUT2D eigenvalue weighted by atomic mass is 19.4. The zero-order valence-corrected chi connectivity index (χ0v) is 15.2. The zero-order valence-electron chi connectivity index (χ0n) is 15.2. The molecule has 1 aromatic carbocycles. The molecule has 8 heteroatoms. The van der Waals surface area contributed by atoms with Gasteiger partial charge in [-0.2, -0.15) is 13.2 Å². The topological polar surface area (TPSA) is 69.6 Å². The Morgan fingerprint density at radius 3 is 2.48 bits per heavy atom. The normalized spacial score (nSPS) is 27.1. The van der Waals surface area contributed by atoms with Gasteiger partial charge in [0, 0.05) is 13.1 Å². The van der Waals surface area contributed by atoms with Crippen molar-refractivity contribution in [3.63, 3.8) is 0 Å². The molecule has 0 aromatic heterocycles. The second-order valence-corrected chi connectivity index (χ2v) is 8.01. The summed E-state index contributed by atoms with van der Waals surface area (Å²) in [7, 11) is 0. The van der Waals surface area contributed by atoms with Crippen LogP contribution in [0, 0.1) is 11.8 Å². The van der Waals surface area contributed by atoms with E-state index in [0.29, 0.717) is 6.42 Å². The molecule has 1 aliphatic heterocycles. The van der Waals surface area contributed by atoms with Crippen molar-refractivity contribution < 1.29 is 27.9 Å². The second-order valence-electron chi connectivity index (χ2n) is 8.01. The molecule has 1 saturated heterocycles. The minimum absolute atomic E-state index is 0.0404. The number of likely N-dealkylation sites (tertiary alicyclic amines) is 1. The van der Waals surface area contributed by atoms with Gasteiger partial charge >= 0.3 is 18.2 Å². The maximum absolute atomic E-state index is 13.1. The predicted molar refractivity (Wildman–Crippen MR) is 92.2 cm³/mol. The van der Waals surface area contributed by atoms with E-state index in [1.807, 2.05) is 24.3 Å². The van der Waals surface area contributed by atoms with Crippen LogP contribution in [0.3, 0.4) is 0 Å². The average Bonchev–Trinajstić information content (AvgIpc) is 3.04. The number of halogens is 3. The van der Waals surface area contributed by atoms with Gasteiger partial charge in [0.2, 0.25) is 0 Å². The summed E-state index contributed by atoms with van der Waals surface area (Å²) in [4.78, 5) is 24.7. The number of amides is 2. The molecule has 148 valence electrons. The van der Waals surface area contributed by atoms with Gasteiger partial charge in [-0.05, 0) is 29.4 Å². The summed E-state index contributed by atoms with van der Waals surface area (Å²) in [5, 5.41) is 11.9. The summed E-state index contributed by atoms with van der Waals surface area (Å²) in [6, 6.07) is 6.78. The van der Waals surface area contributed by atoms with Gasteiger partial charge in [-0.25, -0.2) is 4.79 Å². The lowest BCUT2D eigenvalue weighted by Gasteiger charge is -2.37. The summed E-state index contributed by atoms with van der Waals surface area (Å²) in [5.41, 5.74) is 2.03. The van der Waals surface area contributed by atoms with Gasteiger partial charge in [0.1, 0.15) is 0 Å². The quantitative estimate of drug-likeness (QED) is 0.817. The summed E-state index contributed by atoms with van der Waals surface area (Å²) >= 11 is 0. The molecule has 0 radical (unpaired) electrons. The predicted octanol–water partition coefficient (Wildman–Crippen LogP) is 3.70. The zero-order chi connectivity index (χ0) is 20.0. The van der Waals surface area contributed by atoms with E-state index in [1.54, 1.807) is 0 Å². The van der Waals surface area contributed by atoms with E-state index >= 15 is 0 Å². The molecule has 3 atom stereocenters. The van der Waals surface area contributed by atoms with Crippen LogP contribution in [0.15, 0.2) is 24.3 Å². The van der Waals surface area contributed by atoms with Crippen molar-refractivity contribution in [1.29, 1.82) is 0 Å². The standard InChI is InChI=1S/C19H23F3N2O3/c1-18(2)8-7-15(11-5-3-4-6-13(11)18)23-17(27)24-9-12(16(25)26)14(10-24)19(20,21)22/h3-6,12,14-15H,7-10H2,1-2H3,(H,23,27)(H,25,26)/t12-,14-,15?/m1/s1. The highest BCUT2D eigenvalue weighted by molar-refractivity contribution is 5.78. The number of carboxylic acids is 1. The van der Waals surface area contributed by atoms with Gasteiger partial charge in [0.25, 0.3) is 0 Å². The maximum Gasteiger partial charge on any atom is 0.394 e. The molecule has 1 heterocycles. The number of carbonyl (C=O) groups is 2. The van der Waals surface area contributed by atoms with Crippen molar-refractivity contribution in [2.75, 3.05) is 13.1 Å². The molecule has 2 aliphatic rings. The van der Waals surface area contributed by atoms with Crippen molar-refractivity contribution in [3.8, 4) is 0 Å². The number of nitrogens with zero attached hydrogens (tertiary/aromatic N) is 1. The molecule has 0 bridgehead atoms. The number of hydrogen-bond acceptors (Lipinski definition) is 2. The largest absolute Gasteiger partial charge is 0.481 e. The molecule has 5 nitrogen and oxygen atoms in total. The fraction of sp³-hybridized carbons (Fsp3) is 0.579. The number of benzene rings is 1. The first kappa shape index (κ1) is 19.5. The number of aliphatic carboxylic acids is 1. The van der Waals surface area contributed by atoms with Crippen LogP contribution in [-0.4, -0.2) is 41.3 Å². The first-order chi connectivity index (χ1) is 12.5. The average molecular weight is 384 g/mol. The molecular weight excluding hydrogens is 361 g/mol. The van der Waals surface area contributed by atoms with Crippen LogP contribution < -0.4 is 5.32 Å². The Labute approximate surface area is 155 Å². The van der Waals surface area contributed by atoms with E-state index < -0.39 is 43.1 Å².